The number of Topliss-reactive ketones (excluding diaryl/α,β-unsaturated/α-hetero) is 1. The van der Waals surface area contributed by atoms with Crippen LogP contribution in [0.3, 0.4) is 0 Å². The van der Waals surface area contributed by atoms with Crippen molar-refractivity contribution in [3.8, 4) is 0 Å². The first-order chi connectivity index (χ1) is 13.0. The number of furan rings is 1. The highest BCUT2D eigenvalue weighted by Gasteiger charge is 2.46. The summed E-state index contributed by atoms with van der Waals surface area (Å²) in [5.74, 6) is -0.552. The second kappa shape index (κ2) is 6.28. The third-order valence-electron chi connectivity index (χ3n) is 4.39. The fourth-order valence-corrected chi connectivity index (χ4v) is 3.18. The van der Waals surface area contributed by atoms with Crippen molar-refractivity contribution in [2.75, 3.05) is 4.90 Å². The van der Waals surface area contributed by atoms with Crippen molar-refractivity contribution in [1.29, 1.82) is 0 Å². The Labute approximate surface area is 154 Å². The monoisotopic (exact) mass is 364 g/mol. The highest BCUT2D eigenvalue weighted by atomic mass is 16.5. The summed E-state index contributed by atoms with van der Waals surface area (Å²) in [5.41, 5.74) is 0.600. The van der Waals surface area contributed by atoms with Gasteiger partial charge in [0, 0.05) is 6.07 Å². The minimum absolute atomic E-state index is 0.0544. The summed E-state index contributed by atoms with van der Waals surface area (Å²) < 4.78 is 10.5. The fraction of sp³-hybridized carbons (Fsp3) is 0.150. The molecule has 136 valence electrons. The Morgan fingerprint density at radius 1 is 1.11 bits per heavy atom. The number of carbonyl (C=O) groups is 2. The van der Waals surface area contributed by atoms with Crippen LogP contribution in [0.2, 0.25) is 0 Å². The summed E-state index contributed by atoms with van der Waals surface area (Å²) in [5, 5.41) is 14.4. The zero-order valence-electron chi connectivity index (χ0n) is 14.7. The van der Waals surface area contributed by atoms with Gasteiger partial charge < -0.3 is 14.0 Å². The number of hydrogen-bond acceptors (Lipinski definition) is 6. The standard InChI is InChI=1S/C20H16N2O5/c1-11-8-9-14(26-11)18(23)16-17(13-6-4-3-5-7-13)22(20(25)19(16)24)15-10-12(2)27-21-15/h3-10,17,24H,1-2H3/t17-/m0/s1. The molecule has 1 aliphatic heterocycles. The number of anilines is 1. The average molecular weight is 364 g/mol. The third-order valence-corrected chi connectivity index (χ3v) is 4.39. The molecule has 7 heteroatoms. The largest absolute Gasteiger partial charge is 0.503 e. The normalized spacial score (nSPS) is 17.0. The first kappa shape index (κ1) is 16.8. The van der Waals surface area contributed by atoms with Gasteiger partial charge in [0.1, 0.15) is 11.5 Å². The van der Waals surface area contributed by atoms with Crippen LogP contribution in [0.1, 0.15) is 33.7 Å². The Kier molecular flexibility index (Phi) is 3.92. The van der Waals surface area contributed by atoms with Gasteiger partial charge in [-0.2, -0.15) is 0 Å². The van der Waals surface area contributed by atoms with Crippen molar-refractivity contribution >= 4 is 17.5 Å². The van der Waals surface area contributed by atoms with Gasteiger partial charge in [-0.1, -0.05) is 35.5 Å². The molecular formula is C20H16N2O5. The Hall–Kier alpha value is -3.61. The molecule has 1 N–H and O–H groups in total. The number of amides is 1. The van der Waals surface area contributed by atoms with Gasteiger partial charge in [0.05, 0.1) is 11.6 Å². The molecular weight excluding hydrogens is 348 g/mol. The minimum Gasteiger partial charge on any atom is -0.503 e. The van der Waals surface area contributed by atoms with Crippen molar-refractivity contribution in [2.24, 2.45) is 0 Å². The smallest absolute Gasteiger partial charge is 0.295 e. The summed E-state index contributed by atoms with van der Waals surface area (Å²) in [6.07, 6.45) is 0. The van der Waals surface area contributed by atoms with E-state index in [2.05, 4.69) is 5.16 Å². The van der Waals surface area contributed by atoms with E-state index in [1.165, 1.54) is 11.0 Å². The number of hydrogen-bond donors (Lipinski definition) is 1. The lowest BCUT2D eigenvalue weighted by molar-refractivity contribution is -0.117. The van der Waals surface area contributed by atoms with E-state index in [0.29, 0.717) is 17.1 Å². The van der Waals surface area contributed by atoms with E-state index in [1.807, 2.05) is 6.07 Å². The maximum atomic E-state index is 13.0. The molecule has 3 heterocycles. The van der Waals surface area contributed by atoms with Crippen molar-refractivity contribution in [1.82, 2.24) is 5.16 Å². The molecule has 0 spiro atoms. The van der Waals surface area contributed by atoms with Gasteiger partial charge in [0.25, 0.3) is 5.91 Å². The van der Waals surface area contributed by atoms with Crippen LogP contribution < -0.4 is 4.90 Å². The van der Waals surface area contributed by atoms with E-state index >= 15 is 0 Å². The van der Waals surface area contributed by atoms with Crippen LogP contribution >= 0.6 is 0 Å². The van der Waals surface area contributed by atoms with Crippen LogP contribution in [0.4, 0.5) is 5.82 Å². The first-order valence-electron chi connectivity index (χ1n) is 8.33. The molecule has 1 amide bonds. The molecule has 2 aromatic heterocycles. The lowest BCUT2D eigenvalue weighted by Gasteiger charge is -2.24. The highest BCUT2D eigenvalue weighted by Crippen LogP contribution is 2.41. The fourth-order valence-electron chi connectivity index (χ4n) is 3.18. The quantitative estimate of drug-likeness (QED) is 0.710. The maximum absolute atomic E-state index is 13.0. The van der Waals surface area contributed by atoms with E-state index in [0.717, 1.165) is 0 Å². The Morgan fingerprint density at radius 2 is 1.85 bits per heavy atom. The molecule has 27 heavy (non-hydrogen) atoms. The molecule has 0 radical (unpaired) electrons. The van der Waals surface area contributed by atoms with Crippen LogP contribution in [-0.4, -0.2) is 22.0 Å². The summed E-state index contributed by atoms with van der Waals surface area (Å²) in [6, 6.07) is 12.9. The molecule has 0 bridgehead atoms. The molecule has 0 aliphatic carbocycles. The Morgan fingerprint density at radius 3 is 2.44 bits per heavy atom. The highest BCUT2D eigenvalue weighted by molar-refractivity contribution is 6.19. The number of aliphatic hydroxyl groups is 1. The van der Waals surface area contributed by atoms with Gasteiger partial charge in [-0.05, 0) is 31.5 Å². The average Bonchev–Trinajstić information content (AvgIpc) is 3.35. The number of benzene rings is 1. The molecule has 7 nitrogen and oxygen atoms in total. The lowest BCUT2D eigenvalue weighted by atomic mass is 9.95. The second-order valence-corrected chi connectivity index (χ2v) is 6.29. The van der Waals surface area contributed by atoms with Crippen LogP contribution in [0.15, 0.2) is 68.8 Å². The summed E-state index contributed by atoms with van der Waals surface area (Å²) in [4.78, 5) is 27.1. The molecule has 1 atom stereocenters. The van der Waals surface area contributed by atoms with Gasteiger partial charge in [-0.25, -0.2) is 0 Å². The van der Waals surface area contributed by atoms with Crippen LogP contribution in [0.5, 0.6) is 0 Å². The number of aromatic nitrogens is 1. The topological polar surface area (TPSA) is 96.8 Å². The van der Waals surface area contributed by atoms with E-state index in [1.54, 1.807) is 50.2 Å². The van der Waals surface area contributed by atoms with E-state index in [9.17, 15) is 14.7 Å². The number of aryl methyl sites for hydroxylation is 2. The molecule has 0 saturated carbocycles. The molecule has 0 fully saturated rings. The van der Waals surface area contributed by atoms with Crippen molar-refractivity contribution in [2.45, 2.75) is 19.9 Å². The number of nitrogens with zero attached hydrogens (tertiary/aromatic N) is 2. The molecule has 3 aromatic rings. The Bertz CT molecular complexity index is 1060. The van der Waals surface area contributed by atoms with Crippen molar-refractivity contribution < 1.29 is 23.6 Å². The van der Waals surface area contributed by atoms with E-state index < -0.39 is 23.5 Å². The third kappa shape index (κ3) is 2.73. The zero-order valence-corrected chi connectivity index (χ0v) is 14.7. The molecule has 4 rings (SSSR count). The summed E-state index contributed by atoms with van der Waals surface area (Å²) in [6.45, 7) is 3.41. The van der Waals surface area contributed by atoms with Crippen LogP contribution in [-0.2, 0) is 4.79 Å². The summed E-state index contributed by atoms with van der Waals surface area (Å²) in [7, 11) is 0. The summed E-state index contributed by atoms with van der Waals surface area (Å²) >= 11 is 0. The number of ketones is 1. The van der Waals surface area contributed by atoms with Gasteiger partial charge >= 0.3 is 0 Å². The lowest BCUT2D eigenvalue weighted by Crippen LogP contribution is -2.31. The van der Waals surface area contributed by atoms with E-state index in [4.69, 9.17) is 8.94 Å². The van der Waals surface area contributed by atoms with Gasteiger partial charge in [-0.15, -0.1) is 0 Å². The SMILES string of the molecule is Cc1cc(N2C(=O)C(O)=C(C(=O)c3ccc(C)o3)[C@@H]2c2ccccc2)no1. The predicted molar refractivity (Wildman–Crippen MR) is 95.3 cm³/mol. The molecule has 0 unspecified atom stereocenters. The van der Waals surface area contributed by atoms with Crippen molar-refractivity contribution in [3.63, 3.8) is 0 Å². The minimum atomic E-state index is -0.846. The number of carbonyl (C=O) groups excluding carboxylic acids is 2. The molecule has 1 aromatic carbocycles. The molecule has 1 aliphatic rings. The van der Waals surface area contributed by atoms with Crippen molar-refractivity contribution in [3.05, 3.63) is 82.7 Å². The van der Waals surface area contributed by atoms with Crippen LogP contribution in [0, 0.1) is 13.8 Å². The maximum Gasteiger partial charge on any atom is 0.295 e. The second-order valence-electron chi connectivity index (χ2n) is 6.29. The first-order valence-corrected chi connectivity index (χ1v) is 8.33. The Balaban J connectivity index is 1.87. The van der Waals surface area contributed by atoms with Gasteiger partial charge in [0.15, 0.2) is 17.3 Å². The molecule has 0 saturated heterocycles. The van der Waals surface area contributed by atoms with Crippen LogP contribution in [0.25, 0.3) is 0 Å². The van der Waals surface area contributed by atoms with Gasteiger partial charge in [0.2, 0.25) is 5.78 Å². The number of aliphatic hydroxyl groups excluding tert-OH is 1. The number of rotatable bonds is 4. The zero-order chi connectivity index (χ0) is 19.1. The van der Waals surface area contributed by atoms with E-state index in [-0.39, 0.29) is 17.2 Å². The van der Waals surface area contributed by atoms with Gasteiger partial charge in [-0.3, -0.25) is 14.5 Å². The predicted octanol–water partition coefficient (Wildman–Crippen LogP) is 3.67.